The molecule has 1 atom stereocenters. The minimum atomic E-state index is -0.904. The normalized spacial score (nSPS) is 12.0. The molecule has 0 saturated heterocycles. The summed E-state index contributed by atoms with van der Waals surface area (Å²) in [4.78, 5) is 29.8. The number of fused-ring (bicyclic) bond motifs is 3. The van der Waals surface area contributed by atoms with Crippen LogP contribution in [0.15, 0.2) is 82.6 Å². The van der Waals surface area contributed by atoms with E-state index in [4.69, 9.17) is 14.1 Å². The highest BCUT2D eigenvalue weighted by molar-refractivity contribution is 7.99. The Hall–Kier alpha value is -4.18. The van der Waals surface area contributed by atoms with Crippen LogP contribution < -0.4 is 5.32 Å². The summed E-state index contributed by atoms with van der Waals surface area (Å²) in [6.07, 6.45) is 1.57. The van der Waals surface area contributed by atoms with Crippen LogP contribution in [0.5, 0.6) is 0 Å². The lowest BCUT2D eigenvalue weighted by Crippen LogP contribution is -2.35. The summed E-state index contributed by atoms with van der Waals surface area (Å²) in [6.45, 7) is 0. The van der Waals surface area contributed by atoms with E-state index in [0.29, 0.717) is 28.0 Å². The topological polar surface area (TPSA) is 112 Å². The third-order valence-corrected chi connectivity index (χ3v) is 6.09. The molecule has 0 spiro atoms. The van der Waals surface area contributed by atoms with Gasteiger partial charge in [0.2, 0.25) is 5.91 Å². The standard InChI is InChI=1S/C24H19N5O4S/c1-32-23(31)20(15-8-3-2-4-9-15)26-19(30)14-34-24-28-27-21-16-10-5-6-11-17(16)25-22(29(21)24)18-12-7-13-33-18/h2-13,20H,14H2,1H3,(H,26,30)/t20-/m0/s1. The van der Waals surface area contributed by atoms with Crippen molar-refractivity contribution in [2.75, 3.05) is 12.9 Å². The molecule has 3 heterocycles. The fourth-order valence-corrected chi connectivity index (χ4v) is 4.34. The summed E-state index contributed by atoms with van der Waals surface area (Å²) >= 11 is 1.18. The third-order valence-electron chi connectivity index (χ3n) is 5.17. The number of amides is 1. The average molecular weight is 474 g/mol. The van der Waals surface area contributed by atoms with Gasteiger partial charge >= 0.3 is 5.97 Å². The van der Waals surface area contributed by atoms with Crippen LogP contribution >= 0.6 is 11.8 Å². The first kappa shape index (κ1) is 21.7. The summed E-state index contributed by atoms with van der Waals surface area (Å²) in [6, 6.07) is 19.2. The molecule has 1 amide bonds. The molecule has 5 aromatic rings. The van der Waals surface area contributed by atoms with E-state index in [1.54, 1.807) is 47.1 Å². The fourth-order valence-electron chi connectivity index (χ4n) is 3.60. The van der Waals surface area contributed by atoms with Crippen molar-refractivity contribution in [2.45, 2.75) is 11.2 Å². The van der Waals surface area contributed by atoms with Gasteiger partial charge in [-0.2, -0.15) is 0 Å². The second kappa shape index (κ2) is 9.36. The van der Waals surface area contributed by atoms with E-state index in [2.05, 4.69) is 15.5 Å². The van der Waals surface area contributed by atoms with E-state index in [9.17, 15) is 9.59 Å². The molecule has 0 aliphatic rings. The summed E-state index contributed by atoms with van der Waals surface area (Å²) in [5, 5.41) is 12.7. The number of esters is 1. The largest absolute Gasteiger partial charge is 0.467 e. The van der Waals surface area contributed by atoms with E-state index >= 15 is 0 Å². The predicted octanol–water partition coefficient (Wildman–Crippen LogP) is 3.66. The first-order valence-corrected chi connectivity index (χ1v) is 11.4. The van der Waals surface area contributed by atoms with E-state index in [0.717, 1.165) is 10.9 Å². The van der Waals surface area contributed by atoms with Gasteiger partial charge in [0.15, 0.2) is 28.4 Å². The molecule has 0 fully saturated rings. The summed E-state index contributed by atoms with van der Waals surface area (Å²) < 4.78 is 12.2. The monoisotopic (exact) mass is 473 g/mol. The van der Waals surface area contributed by atoms with Crippen molar-refractivity contribution in [3.05, 3.63) is 78.6 Å². The molecule has 0 aliphatic heterocycles. The number of rotatable bonds is 7. The van der Waals surface area contributed by atoms with Gasteiger partial charge in [0.25, 0.3) is 0 Å². The Labute approximate surface area is 198 Å². The Morgan fingerprint density at radius 3 is 2.62 bits per heavy atom. The number of methoxy groups -OCH3 is 1. The van der Waals surface area contributed by atoms with Crippen LogP contribution in [0, 0.1) is 0 Å². The maximum atomic E-state index is 12.8. The Kier molecular flexibility index (Phi) is 5.96. The summed E-state index contributed by atoms with van der Waals surface area (Å²) in [5.41, 5.74) is 2.00. The molecule has 9 nitrogen and oxygen atoms in total. The zero-order valence-electron chi connectivity index (χ0n) is 18.0. The summed E-state index contributed by atoms with van der Waals surface area (Å²) in [5.74, 6) is 0.188. The first-order chi connectivity index (χ1) is 16.7. The zero-order chi connectivity index (χ0) is 23.5. The molecular formula is C24H19N5O4S. The van der Waals surface area contributed by atoms with Gasteiger partial charge in [-0.25, -0.2) is 9.78 Å². The van der Waals surface area contributed by atoms with Gasteiger partial charge in [-0.05, 0) is 29.8 Å². The number of nitrogens with zero attached hydrogens (tertiary/aromatic N) is 4. The van der Waals surface area contributed by atoms with E-state index in [1.165, 1.54) is 18.9 Å². The summed E-state index contributed by atoms with van der Waals surface area (Å²) in [7, 11) is 1.29. The number of nitrogens with one attached hydrogen (secondary N) is 1. The van der Waals surface area contributed by atoms with Gasteiger partial charge in [-0.1, -0.05) is 54.2 Å². The van der Waals surface area contributed by atoms with Gasteiger partial charge < -0.3 is 14.5 Å². The highest BCUT2D eigenvalue weighted by Crippen LogP contribution is 2.29. The van der Waals surface area contributed by atoms with Crippen molar-refractivity contribution < 1.29 is 18.7 Å². The molecule has 3 aromatic heterocycles. The molecule has 0 saturated carbocycles. The molecule has 1 N–H and O–H groups in total. The van der Waals surface area contributed by atoms with Gasteiger partial charge in [0.05, 0.1) is 24.6 Å². The van der Waals surface area contributed by atoms with Crippen molar-refractivity contribution in [3.8, 4) is 11.6 Å². The van der Waals surface area contributed by atoms with Crippen LogP contribution in [0.4, 0.5) is 0 Å². The molecule has 0 aliphatic carbocycles. The minimum Gasteiger partial charge on any atom is -0.467 e. The molecule has 5 rings (SSSR count). The van der Waals surface area contributed by atoms with Crippen molar-refractivity contribution in [1.29, 1.82) is 0 Å². The number of furan rings is 1. The van der Waals surface area contributed by atoms with Crippen molar-refractivity contribution in [2.24, 2.45) is 0 Å². The number of thioether (sulfide) groups is 1. The maximum absolute atomic E-state index is 12.8. The number of para-hydroxylation sites is 1. The smallest absolute Gasteiger partial charge is 0.333 e. The SMILES string of the molecule is COC(=O)[C@@H](NC(=O)CSc1nnc2c3ccccc3nc(-c3ccco3)n12)c1ccccc1. The first-order valence-electron chi connectivity index (χ1n) is 10.4. The van der Waals surface area contributed by atoms with E-state index < -0.39 is 12.0 Å². The molecule has 170 valence electrons. The van der Waals surface area contributed by atoms with E-state index in [-0.39, 0.29) is 11.7 Å². The Morgan fingerprint density at radius 1 is 1.06 bits per heavy atom. The van der Waals surface area contributed by atoms with Crippen molar-refractivity contribution >= 4 is 40.2 Å². The number of benzene rings is 2. The van der Waals surface area contributed by atoms with Crippen LogP contribution in [0.2, 0.25) is 0 Å². The van der Waals surface area contributed by atoms with Gasteiger partial charge in [-0.3, -0.25) is 9.20 Å². The lowest BCUT2D eigenvalue weighted by Gasteiger charge is -2.16. The predicted molar refractivity (Wildman–Crippen MR) is 126 cm³/mol. The number of carbonyl (C=O) groups is 2. The van der Waals surface area contributed by atoms with Crippen LogP contribution in [0.1, 0.15) is 11.6 Å². The molecule has 0 radical (unpaired) electrons. The van der Waals surface area contributed by atoms with Gasteiger partial charge in [0, 0.05) is 5.39 Å². The van der Waals surface area contributed by atoms with Crippen LogP contribution in [-0.2, 0) is 14.3 Å². The van der Waals surface area contributed by atoms with Crippen LogP contribution in [0.3, 0.4) is 0 Å². The lowest BCUT2D eigenvalue weighted by molar-refractivity contribution is -0.145. The van der Waals surface area contributed by atoms with E-state index in [1.807, 2.05) is 30.3 Å². The quantitative estimate of drug-likeness (QED) is 0.282. The van der Waals surface area contributed by atoms with Crippen LogP contribution in [-0.4, -0.2) is 44.3 Å². The number of ether oxygens (including phenoxy) is 1. The fraction of sp³-hybridized carbons (Fsp3) is 0.125. The lowest BCUT2D eigenvalue weighted by atomic mass is 10.1. The minimum absolute atomic E-state index is 0.00550. The second-order valence-electron chi connectivity index (χ2n) is 7.29. The van der Waals surface area contributed by atoms with Crippen molar-refractivity contribution in [3.63, 3.8) is 0 Å². The highest BCUT2D eigenvalue weighted by Gasteiger charge is 2.24. The molecular weight excluding hydrogens is 454 g/mol. The number of aromatic nitrogens is 4. The second-order valence-corrected chi connectivity index (χ2v) is 8.24. The molecule has 10 heteroatoms. The number of carbonyl (C=O) groups excluding carboxylic acids is 2. The van der Waals surface area contributed by atoms with Crippen molar-refractivity contribution in [1.82, 2.24) is 24.9 Å². The molecule has 0 bridgehead atoms. The average Bonchev–Trinajstić information content (AvgIpc) is 3.56. The zero-order valence-corrected chi connectivity index (χ0v) is 18.9. The molecule has 2 aromatic carbocycles. The Morgan fingerprint density at radius 2 is 1.85 bits per heavy atom. The molecule has 34 heavy (non-hydrogen) atoms. The number of hydrogen-bond acceptors (Lipinski definition) is 8. The third kappa shape index (κ3) is 4.11. The number of hydrogen-bond donors (Lipinski definition) is 1. The highest BCUT2D eigenvalue weighted by atomic mass is 32.2. The Balaban J connectivity index is 1.44. The Bertz CT molecular complexity index is 1470. The van der Waals surface area contributed by atoms with Gasteiger partial charge in [0.1, 0.15) is 0 Å². The maximum Gasteiger partial charge on any atom is 0.333 e. The van der Waals surface area contributed by atoms with Crippen LogP contribution in [0.25, 0.3) is 28.1 Å². The molecule has 0 unspecified atom stereocenters. The van der Waals surface area contributed by atoms with Gasteiger partial charge in [-0.15, -0.1) is 10.2 Å².